The van der Waals surface area contributed by atoms with Gasteiger partial charge in [0.15, 0.2) is 0 Å². The molecular weight excluding hydrogens is 287 g/mol. The topological polar surface area (TPSA) is 46.5 Å². The van der Waals surface area contributed by atoms with Crippen molar-refractivity contribution < 1.29 is 14.6 Å². The normalized spacial score (nSPS) is 11.4. The van der Waals surface area contributed by atoms with Crippen molar-refractivity contribution in [3.8, 4) is 0 Å². The van der Waals surface area contributed by atoms with E-state index in [1.165, 1.54) is 21.7 Å². The first-order chi connectivity index (χ1) is 6.48. The zero-order chi connectivity index (χ0) is 11.0. The summed E-state index contributed by atoms with van der Waals surface area (Å²) in [6.07, 6.45) is 2.38. The van der Waals surface area contributed by atoms with Crippen LogP contribution in [0.15, 0.2) is 0 Å². The van der Waals surface area contributed by atoms with E-state index in [1.807, 2.05) is 0 Å². The fourth-order valence-corrected chi connectivity index (χ4v) is 9.09. The summed E-state index contributed by atoms with van der Waals surface area (Å²) in [6, 6.07) is 0. The van der Waals surface area contributed by atoms with E-state index < -0.39 is 24.5 Å². The summed E-state index contributed by atoms with van der Waals surface area (Å²) in [5, 5.41) is 8.28. The van der Waals surface area contributed by atoms with Gasteiger partial charge in [-0.1, -0.05) is 0 Å². The van der Waals surface area contributed by atoms with E-state index in [0.717, 1.165) is 6.42 Å². The third-order valence-corrected chi connectivity index (χ3v) is 12.2. The van der Waals surface area contributed by atoms with Crippen LogP contribution in [0, 0.1) is 0 Å². The summed E-state index contributed by atoms with van der Waals surface area (Å²) in [4.78, 5) is 15.0. The second kappa shape index (κ2) is 7.37. The Hall–Kier alpha value is 0.0687. The summed E-state index contributed by atoms with van der Waals surface area (Å²) in [5.41, 5.74) is 0. The van der Waals surface area contributed by atoms with Crippen LogP contribution in [0.1, 0.15) is 26.2 Å². The van der Waals surface area contributed by atoms with Crippen LogP contribution >= 0.6 is 0 Å². The molecule has 0 saturated carbocycles. The molecule has 0 atom stereocenters. The molecule has 0 aromatic heterocycles. The molecule has 0 bridgehead atoms. The summed E-state index contributed by atoms with van der Waals surface area (Å²) in [6.45, 7) is 2.59. The van der Waals surface area contributed by atoms with Crippen molar-refractivity contribution in [1.29, 1.82) is 0 Å². The van der Waals surface area contributed by atoms with Gasteiger partial charge in [-0.3, -0.25) is 0 Å². The number of hydrogen-bond acceptors (Lipinski definition) is 2. The number of carboxylic acid groups (broad SMARTS) is 1. The van der Waals surface area contributed by atoms with Gasteiger partial charge >= 0.3 is 90.7 Å². The van der Waals surface area contributed by atoms with Crippen LogP contribution in [0.5, 0.6) is 0 Å². The first-order valence-corrected chi connectivity index (χ1v) is 15.1. The van der Waals surface area contributed by atoms with Gasteiger partial charge in [0, 0.05) is 0 Å². The van der Waals surface area contributed by atoms with E-state index in [0.29, 0.717) is 6.61 Å². The fraction of sp³-hybridized carbons (Fsp3) is 0.900. The van der Waals surface area contributed by atoms with Crippen LogP contribution in [0.25, 0.3) is 0 Å². The molecule has 0 saturated heterocycles. The standard InChI is InChI=1S/C4H7O3.C4H9.2CH3.Sn/c1-2-3-7-4(5)6;1-3-4-2;;;/h1-3H2,(H,5,6);1,3-4H2,2H3;2*1H3;. The molecule has 0 aromatic carbocycles. The van der Waals surface area contributed by atoms with Crippen LogP contribution in [-0.2, 0) is 4.74 Å². The van der Waals surface area contributed by atoms with Crippen molar-refractivity contribution in [2.75, 3.05) is 6.61 Å². The summed E-state index contributed by atoms with van der Waals surface area (Å²) in [5.74, 6) is 0. The first-order valence-electron chi connectivity index (χ1n) is 5.33. The molecule has 0 aliphatic carbocycles. The zero-order valence-corrected chi connectivity index (χ0v) is 12.4. The molecule has 0 unspecified atom stereocenters. The van der Waals surface area contributed by atoms with Crippen LogP contribution in [0.4, 0.5) is 4.79 Å². The molecule has 0 fully saturated rings. The van der Waals surface area contributed by atoms with Crippen molar-refractivity contribution >= 4 is 24.5 Å². The summed E-state index contributed by atoms with van der Waals surface area (Å²) >= 11 is -1.78. The van der Waals surface area contributed by atoms with Gasteiger partial charge in [-0.2, -0.15) is 0 Å². The Bertz CT molecular complexity index is 169. The van der Waals surface area contributed by atoms with Crippen LogP contribution in [0.3, 0.4) is 0 Å². The van der Waals surface area contributed by atoms with Gasteiger partial charge in [0.2, 0.25) is 0 Å². The maximum absolute atomic E-state index is 10.1. The van der Waals surface area contributed by atoms with Gasteiger partial charge in [-0.05, 0) is 0 Å². The third kappa shape index (κ3) is 8.66. The van der Waals surface area contributed by atoms with E-state index in [9.17, 15) is 4.79 Å². The zero-order valence-electron chi connectivity index (χ0n) is 9.51. The predicted octanol–water partition coefficient (Wildman–Crippen LogP) is 3.58. The van der Waals surface area contributed by atoms with E-state index >= 15 is 0 Å². The van der Waals surface area contributed by atoms with Crippen molar-refractivity contribution in [3.05, 3.63) is 0 Å². The molecule has 3 nitrogen and oxygen atoms in total. The van der Waals surface area contributed by atoms with Gasteiger partial charge in [-0.15, -0.1) is 0 Å². The minimum atomic E-state index is -1.78. The molecular formula is C10H22O3Sn. The summed E-state index contributed by atoms with van der Waals surface area (Å²) in [7, 11) is 0. The Morgan fingerprint density at radius 2 is 1.86 bits per heavy atom. The van der Waals surface area contributed by atoms with Gasteiger partial charge in [0.25, 0.3) is 0 Å². The molecule has 0 rings (SSSR count). The Morgan fingerprint density at radius 3 is 2.36 bits per heavy atom. The van der Waals surface area contributed by atoms with Crippen molar-refractivity contribution in [3.63, 3.8) is 0 Å². The number of unbranched alkanes of at least 4 members (excludes halogenated alkanes) is 1. The van der Waals surface area contributed by atoms with E-state index in [2.05, 4.69) is 21.5 Å². The average molecular weight is 309 g/mol. The molecule has 1 N–H and O–H groups in total. The molecule has 0 amide bonds. The van der Waals surface area contributed by atoms with E-state index in [4.69, 9.17) is 5.11 Å². The molecule has 0 aliphatic heterocycles. The number of hydrogen-bond donors (Lipinski definition) is 1. The quantitative estimate of drug-likeness (QED) is 0.444. The second-order valence-corrected chi connectivity index (χ2v) is 19.7. The molecule has 0 radical (unpaired) electrons. The molecule has 0 aromatic rings. The Kier molecular flexibility index (Phi) is 7.41. The van der Waals surface area contributed by atoms with Gasteiger partial charge in [-0.25, -0.2) is 0 Å². The number of rotatable bonds is 7. The Morgan fingerprint density at radius 1 is 1.29 bits per heavy atom. The van der Waals surface area contributed by atoms with Gasteiger partial charge in [0.05, 0.1) is 0 Å². The van der Waals surface area contributed by atoms with Crippen molar-refractivity contribution in [2.24, 2.45) is 0 Å². The molecule has 0 spiro atoms. The molecule has 84 valence electrons. The molecule has 4 heteroatoms. The number of carbonyl (C=O) groups is 1. The van der Waals surface area contributed by atoms with Crippen LogP contribution in [-0.4, -0.2) is 36.2 Å². The monoisotopic (exact) mass is 310 g/mol. The molecule has 0 heterocycles. The van der Waals surface area contributed by atoms with Gasteiger partial charge in [0.1, 0.15) is 0 Å². The minimum absolute atomic E-state index is 0.377. The SMILES string of the molecule is CCC[CH2][Sn]([CH3])([CH3])[CH2]CCOC(=O)O. The molecule has 0 aliphatic rings. The fourth-order valence-electron chi connectivity index (χ4n) is 1.49. The van der Waals surface area contributed by atoms with E-state index in [1.54, 1.807) is 0 Å². The number of ether oxygens (including phenoxy) is 1. The Balaban J connectivity index is 3.49. The van der Waals surface area contributed by atoms with Crippen LogP contribution < -0.4 is 0 Å². The Labute approximate surface area is 90.7 Å². The van der Waals surface area contributed by atoms with Crippen molar-refractivity contribution in [2.45, 2.75) is 44.9 Å². The maximum atomic E-state index is 10.1. The van der Waals surface area contributed by atoms with Gasteiger partial charge < -0.3 is 0 Å². The summed E-state index contributed by atoms with van der Waals surface area (Å²) < 4.78 is 7.14. The molecule has 14 heavy (non-hydrogen) atoms. The van der Waals surface area contributed by atoms with E-state index in [-0.39, 0.29) is 0 Å². The van der Waals surface area contributed by atoms with Crippen LogP contribution in [0.2, 0.25) is 18.8 Å². The average Bonchev–Trinajstić information content (AvgIpc) is 2.09. The van der Waals surface area contributed by atoms with Crippen molar-refractivity contribution in [1.82, 2.24) is 0 Å². The predicted molar refractivity (Wildman–Crippen MR) is 60.6 cm³/mol. The third-order valence-electron chi connectivity index (χ3n) is 2.43. The first kappa shape index (κ1) is 14.1. The second-order valence-electron chi connectivity index (χ2n) is 4.49.